The van der Waals surface area contributed by atoms with Gasteiger partial charge in [-0.05, 0) is 25.8 Å². The molecule has 1 rings (SSSR count). The Labute approximate surface area is 121 Å². The van der Waals surface area contributed by atoms with Gasteiger partial charge in [0.2, 0.25) is 0 Å². The highest BCUT2D eigenvalue weighted by molar-refractivity contribution is 5.64. The Kier molecular flexibility index (Phi) is 6.28. The lowest BCUT2D eigenvalue weighted by Crippen LogP contribution is -2.28. The van der Waals surface area contributed by atoms with Crippen molar-refractivity contribution < 1.29 is 4.92 Å². The van der Waals surface area contributed by atoms with Gasteiger partial charge in [0.15, 0.2) is 0 Å². The number of nitro benzene ring substituents is 1. The van der Waals surface area contributed by atoms with Gasteiger partial charge in [-0.2, -0.15) is 0 Å². The van der Waals surface area contributed by atoms with Gasteiger partial charge in [0.05, 0.1) is 4.92 Å². The summed E-state index contributed by atoms with van der Waals surface area (Å²) in [4.78, 5) is 12.8. The van der Waals surface area contributed by atoms with Crippen LogP contribution in [0.4, 0.5) is 17.1 Å². The lowest BCUT2D eigenvalue weighted by molar-refractivity contribution is -0.384. The molecule has 0 aliphatic heterocycles. The van der Waals surface area contributed by atoms with Crippen LogP contribution >= 0.6 is 0 Å². The van der Waals surface area contributed by atoms with E-state index in [4.69, 9.17) is 0 Å². The predicted molar refractivity (Wildman–Crippen MR) is 84.7 cm³/mol. The highest BCUT2D eigenvalue weighted by Crippen LogP contribution is 2.28. The van der Waals surface area contributed by atoms with E-state index in [2.05, 4.69) is 31.0 Å². The molecular formula is C15H25N3O2. The Bertz CT molecular complexity index is 449. The molecule has 0 heterocycles. The number of rotatable bonds is 8. The number of nitro groups is 1. The van der Waals surface area contributed by atoms with E-state index in [0.29, 0.717) is 6.04 Å². The van der Waals surface area contributed by atoms with Crippen molar-refractivity contribution in [3.8, 4) is 0 Å². The fourth-order valence-corrected chi connectivity index (χ4v) is 2.14. The molecule has 1 N–H and O–H groups in total. The van der Waals surface area contributed by atoms with Crippen LogP contribution in [0.15, 0.2) is 18.2 Å². The van der Waals surface area contributed by atoms with Crippen LogP contribution in [0.5, 0.6) is 0 Å². The van der Waals surface area contributed by atoms with Gasteiger partial charge in [0.25, 0.3) is 5.69 Å². The molecule has 0 aliphatic carbocycles. The van der Waals surface area contributed by atoms with Crippen LogP contribution in [0, 0.1) is 10.1 Å². The maximum Gasteiger partial charge on any atom is 0.273 e. The molecule has 0 saturated carbocycles. The Morgan fingerprint density at radius 2 is 2.00 bits per heavy atom. The van der Waals surface area contributed by atoms with Gasteiger partial charge in [-0.15, -0.1) is 0 Å². The van der Waals surface area contributed by atoms with Crippen LogP contribution in [0.2, 0.25) is 0 Å². The van der Waals surface area contributed by atoms with Gasteiger partial charge >= 0.3 is 0 Å². The molecule has 0 bridgehead atoms. The monoisotopic (exact) mass is 279 g/mol. The zero-order chi connectivity index (χ0) is 15.1. The molecule has 0 radical (unpaired) electrons. The standard InChI is InChI=1S/C15H25N3O2/c1-5-7-12(3)17(4)14-9-13(16-8-6-2)10-15(11-14)18(19)20/h9-12,16H,5-8H2,1-4H3. The van der Waals surface area contributed by atoms with Gasteiger partial charge in [-0.3, -0.25) is 10.1 Å². The summed E-state index contributed by atoms with van der Waals surface area (Å²) in [5.41, 5.74) is 1.84. The van der Waals surface area contributed by atoms with E-state index < -0.39 is 0 Å². The van der Waals surface area contributed by atoms with Crippen LogP contribution in [0.1, 0.15) is 40.0 Å². The summed E-state index contributed by atoms with van der Waals surface area (Å²) < 4.78 is 0. The van der Waals surface area contributed by atoms with Crippen molar-refractivity contribution >= 4 is 17.1 Å². The van der Waals surface area contributed by atoms with Crippen molar-refractivity contribution in [2.75, 3.05) is 23.8 Å². The summed E-state index contributed by atoms with van der Waals surface area (Å²) in [6.45, 7) is 7.17. The molecule has 112 valence electrons. The van der Waals surface area contributed by atoms with Gasteiger partial charge in [0, 0.05) is 43.1 Å². The van der Waals surface area contributed by atoms with Crippen molar-refractivity contribution in [2.45, 2.75) is 46.1 Å². The topological polar surface area (TPSA) is 58.4 Å². The highest BCUT2D eigenvalue weighted by atomic mass is 16.6. The molecule has 1 aromatic rings. The second-order valence-electron chi connectivity index (χ2n) is 5.17. The smallest absolute Gasteiger partial charge is 0.273 e. The van der Waals surface area contributed by atoms with E-state index in [1.165, 1.54) is 0 Å². The third-order valence-electron chi connectivity index (χ3n) is 3.47. The maximum absolute atomic E-state index is 11.1. The van der Waals surface area contributed by atoms with Crippen LogP contribution in [-0.4, -0.2) is 24.6 Å². The van der Waals surface area contributed by atoms with Gasteiger partial charge in [-0.25, -0.2) is 0 Å². The first kappa shape index (κ1) is 16.3. The zero-order valence-electron chi connectivity index (χ0n) is 12.8. The van der Waals surface area contributed by atoms with E-state index in [9.17, 15) is 10.1 Å². The average molecular weight is 279 g/mol. The molecule has 0 fully saturated rings. The minimum atomic E-state index is -0.334. The van der Waals surface area contributed by atoms with Crippen LogP contribution in [-0.2, 0) is 0 Å². The van der Waals surface area contributed by atoms with E-state index in [1.54, 1.807) is 12.1 Å². The molecule has 0 amide bonds. The first-order valence-electron chi connectivity index (χ1n) is 7.25. The number of hydrogen-bond donors (Lipinski definition) is 1. The molecule has 0 saturated heterocycles. The molecule has 5 nitrogen and oxygen atoms in total. The number of nitrogens with one attached hydrogen (secondary N) is 1. The number of anilines is 2. The Morgan fingerprint density at radius 3 is 2.55 bits per heavy atom. The molecule has 20 heavy (non-hydrogen) atoms. The number of benzene rings is 1. The van der Waals surface area contributed by atoms with E-state index >= 15 is 0 Å². The third kappa shape index (κ3) is 4.40. The van der Waals surface area contributed by atoms with Crippen molar-refractivity contribution in [3.63, 3.8) is 0 Å². The van der Waals surface area contributed by atoms with Crippen molar-refractivity contribution in [2.24, 2.45) is 0 Å². The van der Waals surface area contributed by atoms with Gasteiger partial charge in [0.1, 0.15) is 0 Å². The molecule has 0 aliphatic rings. The summed E-state index contributed by atoms with van der Waals surface area (Å²) in [7, 11) is 1.99. The fraction of sp³-hybridized carbons (Fsp3) is 0.600. The first-order valence-corrected chi connectivity index (χ1v) is 7.25. The van der Waals surface area contributed by atoms with Crippen LogP contribution < -0.4 is 10.2 Å². The minimum Gasteiger partial charge on any atom is -0.385 e. The average Bonchev–Trinajstić information content (AvgIpc) is 2.44. The summed E-state index contributed by atoms with van der Waals surface area (Å²) in [6.07, 6.45) is 3.15. The van der Waals surface area contributed by atoms with E-state index in [-0.39, 0.29) is 10.6 Å². The summed E-state index contributed by atoms with van der Waals surface area (Å²) in [5.74, 6) is 0. The lowest BCUT2D eigenvalue weighted by Gasteiger charge is -2.27. The zero-order valence-corrected chi connectivity index (χ0v) is 12.8. The first-order chi connectivity index (χ1) is 9.49. The van der Waals surface area contributed by atoms with Gasteiger partial charge < -0.3 is 10.2 Å². The lowest BCUT2D eigenvalue weighted by atomic mass is 10.1. The van der Waals surface area contributed by atoms with Gasteiger partial charge in [-0.1, -0.05) is 20.3 Å². The maximum atomic E-state index is 11.1. The van der Waals surface area contributed by atoms with E-state index in [1.807, 2.05) is 13.1 Å². The molecule has 1 atom stereocenters. The summed E-state index contributed by atoms with van der Waals surface area (Å²) in [6, 6.07) is 5.58. The molecule has 0 aromatic heterocycles. The van der Waals surface area contributed by atoms with Crippen molar-refractivity contribution in [1.82, 2.24) is 0 Å². The van der Waals surface area contributed by atoms with Crippen molar-refractivity contribution in [1.29, 1.82) is 0 Å². The second kappa shape index (κ2) is 7.72. The minimum absolute atomic E-state index is 0.136. The number of hydrogen-bond acceptors (Lipinski definition) is 4. The fourth-order valence-electron chi connectivity index (χ4n) is 2.14. The molecule has 0 spiro atoms. The third-order valence-corrected chi connectivity index (χ3v) is 3.47. The molecular weight excluding hydrogens is 254 g/mol. The van der Waals surface area contributed by atoms with Crippen LogP contribution in [0.3, 0.4) is 0 Å². The second-order valence-corrected chi connectivity index (χ2v) is 5.17. The summed E-state index contributed by atoms with van der Waals surface area (Å²) in [5, 5.41) is 14.3. The van der Waals surface area contributed by atoms with Crippen LogP contribution in [0.25, 0.3) is 0 Å². The number of non-ortho nitro benzene ring substituents is 1. The molecule has 1 unspecified atom stereocenters. The Balaban J connectivity index is 3.04. The SMILES string of the molecule is CCCNc1cc(N(C)C(C)CCC)cc([N+](=O)[O-])c1. The van der Waals surface area contributed by atoms with Crippen molar-refractivity contribution in [3.05, 3.63) is 28.3 Å². The Hall–Kier alpha value is -1.78. The largest absolute Gasteiger partial charge is 0.385 e. The predicted octanol–water partition coefficient (Wildman–Crippen LogP) is 4.04. The molecule has 1 aromatic carbocycles. The number of nitrogens with zero attached hydrogens (tertiary/aromatic N) is 2. The summed E-state index contributed by atoms with van der Waals surface area (Å²) >= 11 is 0. The normalized spacial score (nSPS) is 12.0. The molecule has 5 heteroatoms. The highest BCUT2D eigenvalue weighted by Gasteiger charge is 2.15. The quantitative estimate of drug-likeness (QED) is 0.576. The van der Waals surface area contributed by atoms with E-state index in [0.717, 1.165) is 37.2 Å². The Morgan fingerprint density at radius 1 is 1.30 bits per heavy atom.